The summed E-state index contributed by atoms with van der Waals surface area (Å²) < 4.78 is 21.0. The maximum absolute atomic E-state index is 14.6. The average Bonchev–Trinajstić information content (AvgIpc) is 3.39. The topological polar surface area (TPSA) is 92.8 Å². The first-order valence-electron chi connectivity index (χ1n) is 10.6. The minimum atomic E-state index is -0.574. The number of halogens is 1. The summed E-state index contributed by atoms with van der Waals surface area (Å²) in [5.41, 5.74) is 2.31. The molecule has 1 N–H and O–H groups in total. The Morgan fingerprint density at radius 3 is 2.70 bits per heavy atom. The molecule has 1 aliphatic rings. The standard InChI is InChI=1S/C25H20FN5O2/c1-33-22-5-4-17(13-20(22)26)31-24(21-3-2-8-29-21)30-23-18(16-6-9-28-10-7-16)11-15(14-27)12-19(23)25(31)32/h4-7,9-13,21,29H,2-3,8H2,1H3/t21-/m1/s1. The van der Waals surface area contributed by atoms with Crippen LogP contribution in [0.5, 0.6) is 5.75 Å². The molecule has 0 radical (unpaired) electrons. The van der Waals surface area contributed by atoms with Crippen LogP contribution < -0.4 is 15.6 Å². The van der Waals surface area contributed by atoms with Crippen LogP contribution in [0.25, 0.3) is 27.7 Å². The summed E-state index contributed by atoms with van der Waals surface area (Å²) in [6, 6.07) is 13.3. The molecule has 1 saturated heterocycles. The molecule has 4 aromatic rings. The Balaban J connectivity index is 1.86. The summed E-state index contributed by atoms with van der Waals surface area (Å²) in [5.74, 6) is 0.0259. The number of hydrogen-bond acceptors (Lipinski definition) is 6. The zero-order chi connectivity index (χ0) is 22.9. The molecule has 0 bridgehead atoms. The van der Waals surface area contributed by atoms with Crippen molar-refractivity contribution in [2.75, 3.05) is 13.7 Å². The number of hydrogen-bond donors (Lipinski definition) is 1. The summed E-state index contributed by atoms with van der Waals surface area (Å²) in [5, 5.41) is 13.3. The van der Waals surface area contributed by atoms with Gasteiger partial charge in [0.15, 0.2) is 11.6 Å². The lowest BCUT2D eigenvalue weighted by Gasteiger charge is -2.20. The van der Waals surface area contributed by atoms with E-state index >= 15 is 0 Å². The summed E-state index contributed by atoms with van der Waals surface area (Å²) in [7, 11) is 1.39. The van der Waals surface area contributed by atoms with Crippen LogP contribution in [-0.2, 0) is 0 Å². The van der Waals surface area contributed by atoms with Crippen LogP contribution >= 0.6 is 0 Å². The summed E-state index contributed by atoms with van der Waals surface area (Å²) in [4.78, 5) is 22.8. The van der Waals surface area contributed by atoms with Gasteiger partial charge in [-0.2, -0.15) is 5.26 Å². The quantitative estimate of drug-likeness (QED) is 0.517. The van der Waals surface area contributed by atoms with Gasteiger partial charge in [0.2, 0.25) is 0 Å². The van der Waals surface area contributed by atoms with Crippen LogP contribution in [0, 0.1) is 17.1 Å². The number of ether oxygens (including phenoxy) is 1. The maximum Gasteiger partial charge on any atom is 0.266 e. The molecule has 33 heavy (non-hydrogen) atoms. The third kappa shape index (κ3) is 3.62. The van der Waals surface area contributed by atoms with Crippen molar-refractivity contribution in [1.29, 1.82) is 5.26 Å². The Kier molecular flexibility index (Phi) is 5.32. The number of rotatable bonds is 4. The maximum atomic E-state index is 14.6. The first-order chi connectivity index (χ1) is 16.1. The van der Waals surface area contributed by atoms with E-state index in [9.17, 15) is 14.4 Å². The van der Waals surface area contributed by atoms with Crippen molar-refractivity contribution in [2.45, 2.75) is 18.9 Å². The number of methoxy groups -OCH3 is 1. The minimum Gasteiger partial charge on any atom is -0.494 e. The number of aromatic nitrogens is 3. The molecule has 0 unspecified atom stereocenters. The van der Waals surface area contributed by atoms with Gasteiger partial charge in [0, 0.05) is 24.0 Å². The second-order valence-electron chi connectivity index (χ2n) is 7.85. The molecule has 3 heterocycles. The lowest BCUT2D eigenvalue weighted by molar-refractivity contribution is 0.386. The van der Waals surface area contributed by atoms with Gasteiger partial charge in [-0.25, -0.2) is 9.37 Å². The highest BCUT2D eigenvalue weighted by molar-refractivity contribution is 5.94. The number of fused-ring (bicyclic) bond motifs is 1. The predicted octanol–water partition coefficient (Wildman–Crippen LogP) is 3.89. The number of benzene rings is 2. The number of nitrogens with one attached hydrogen (secondary N) is 1. The number of nitrogens with zero attached hydrogens (tertiary/aromatic N) is 4. The first-order valence-corrected chi connectivity index (χ1v) is 10.6. The van der Waals surface area contributed by atoms with Crippen molar-refractivity contribution < 1.29 is 9.13 Å². The zero-order valence-electron chi connectivity index (χ0n) is 17.9. The molecule has 1 fully saturated rings. The smallest absolute Gasteiger partial charge is 0.266 e. The van der Waals surface area contributed by atoms with E-state index in [0.29, 0.717) is 33.5 Å². The van der Waals surface area contributed by atoms with Crippen molar-refractivity contribution in [3.8, 4) is 28.6 Å². The van der Waals surface area contributed by atoms with Crippen molar-refractivity contribution in [2.24, 2.45) is 0 Å². The Morgan fingerprint density at radius 1 is 1.21 bits per heavy atom. The molecule has 0 aliphatic carbocycles. The van der Waals surface area contributed by atoms with Gasteiger partial charge in [-0.1, -0.05) is 0 Å². The van der Waals surface area contributed by atoms with Crippen LogP contribution in [0.4, 0.5) is 4.39 Å². The largest absolute Gasteiger partial charge is 0.494 e. The van der Waals surface area contributed by atoms with Crippen LogP contribution in [-0.4, -0.2) is 28.2 Å². The molecular formula is C25H20FN5O2. The summed E-state index contributed by atoms with van der Waals surface area (Å²) in [6.45, 7) is 0.806. The lowest BCUT2D eigenvalue weighted by Crippen LogP contribution is -2.29. The fourth-order valence-electron chi connectivity index (χ4n) is 4.31. The highest BCUT2D eigenvalue weighted by Crippen LogP contribution is 2.31. The lowest BCUT2D eigenvalue weighted by atomic mass is 10.00. The Hall–Kier alpha value is -4.09. The van der Waals surface area contributed by atoms with Gasteiger partial charge in [-0.15, -0.1) is 0 Å². The fourth-order valence-corrected chi connectivity index (χ4v) is 4.31. The van der Waals surface area contributed by atoms with Crippen LogP contribution in [0.1, 0.15) is 30.3 Å². The van der Waals surface area contributed by atoms with Gasteiger partial charge >= 0.3 is 0 Å². The Morgan fingerprint density at radius 2 is 2.03 bits per heavy atom. The monoisotopic (exact) mass is 441 g/mol. The van der Waals surface area contributed by atoms with E-state index in [2.05, 4.69) is 16.4 Å². The van der Waals surface area contributed by atoms with E-state index < -0.39 is 5.82 Å². The van der Waals surface area contributed by atoms with Gasteiger partial charge in [0.1, 0.15) is 5.82 Å². The van der Waals surface area contributed by atoms with Gasteiger partial charge in [-0.05, 0) is 61.3 Å². The molecule has 164 valence electrons. The normalized spacial score (nSPS) is 15.5. The number of nitriles is 1. The van der Waals surface area contributed by atoms with Crippen molar-refractivity contribution in [1.82, 2.24) is 19.9 Å². The molecule has 2 aromatic heterocycles. The predicted molar refractivity (Wildman–Crippen MR) is 122 cm³/mol. The minimum absolute atomic E-state index is 0.0906. The Labute approximate surface area is 189 Å². The van der Waals surface area contributed by atoms with E-state index in [0.717, 1.165) is 24.9 Å². The third-order valence-electron chi connectivity index (χ3n) is 5.88. The van der Waals surface area contributed by atoms with E-state index in [1.165, 1.54) is 29.9 Å². The van der Waals surface area contributed by atoms with Crippen molar-refractivity contribution >= 4 is 10.9 Å². The van der Waals surface area contributed by atoms with Gasteiger partial charge in [0.25, 0.3) is 5.56 Å². The van der Waals surface area contributed by atoms with E-state index in [4.69, 9.17) is 9.72 Å². The molecule has 0 spiro atoms. The molecular weight excluding hydrogens is 421 g/mol. The van der Waals surface area contributed by atoms with Crippen LogP contribution in [0.2, 0.25) is 0 Å². The third-order valence-corrected chi connectivity index (χ3v) is 5.88. The van der Waals surface area contributed by atoms with Crippen molar-refractivity contribution in [3.63, 3.8) is 0 Å². The van der Waals surface area contributed by atoms with Crippen molar-refractivity contribution in [3.05, 3.63) is 82.4 Å². The first kappa shape index (κ1) is 20.8. The molecule has 2 aromatic carbocycles. The zero-order valence-corrected chi connectivity index (χ0v) is 17.9. The average molecular weight is 441 g/mol. The highest BCUT2D eigenvalue weighted by Gasteiger charge is 2.25. The SMILES string of the molecule is COc1ccc(-n2c([C@H]3CCCN3)nc3c(-c4ccncc4)cc(C#N)cc3c2=O)cc1F. The fraction of sp³-hybridized carbons (Fsp3) is 0.200. The molecule has 7 nitrogen and oxygen atoms in total. The molecule has 1 aliphatic heterocycles. The Bertz CT molecular complexity index is 1450. The van der Waals surface area contributed by atoms with Gasteiger partial charge < -0.3 is 10.1 Å². The van der Waals surface area contributed by atoms with Gasteiger partial charge in [0.05, 0.1) is 41.4 Å². The van der Waals surface area contributed by atoms with Crippen LogP contribution in [0.15, 0.2) is 59.7 Å². The second kappa shape index (κ2) is 8.45. The van der Waals surface area contributed by atoms with Gasteiger partial charge in [-0.3, -0.25) is 14.3 Å². The van der Waals surface area contributed by atoms with E-state index in [1.807, 2.05) is 12.1 Å². The molecule has 0 amide bonds. The highest BCUT2D eigenvalue weighted by atomic mass is 19.1. The molecule has 8 heteroatoms. The molecule has 5 rings (SSSR count). The second-order valence-corrected chi connectivity index (χ2v) is 7.85. The molecule has 0 saturated carbocycles. The van der Waals surface area contributed by atoms with E-state index in [1.54, 1.807) is 24.5 Å². The molecule has 1 atom stereocenters. The summed E-state index contributed by atoms with van der Waals surface area (Å²) in [6.07, 6.45) is 5.06. The summed E-state index contributed by atoms with van der Waals surface area (Å²) >= 11 is 0. The van der Waals surface area contributed by atoms with E-state index in [-0.39, 0.29) is 17.4 Å². The van der Waals surface area contributed by atoms with Crippen LogP contribution in [0.3, 0.4) is 0 Å². The number of pyridine rings is 1.